The number of carbonyl (C=O) groups is 2. The monoisotopic (exact) mass is 467 g/mol. The van der Waals surface area contributed by atoms with Crippen molar-refractivity contribution in [3.8, 4) is 5.75 Å². The third-order valence-electron chi connectivity index (χ3n) is 5.38. The lowest BCUT2D eigenvalue weighted by Gasteiger charge is -2.26. The number of aliphatic hydroxyl groups is 1. The zero-order valence-corrected chi connectivity index (χ0v) is 18.8. The molecule has 1 N–H and O–H groups in total. The normalized spacial score (nSPS) is 17.6. The largest absolute Gasteiger partial charge is 0.507 e. The molecule has 32 heavy (non-hydrogen) atoms. The zero-order valence-electron chi connectivity index (χ0n) is 17.3. The van der Waals surface area contributed by atoms with Crippen LogP contribution in [0, 0.1) is 6.92 Å². The molecule has 1 aliphatic rings. The minimum Gasteiger partial charge on any atom is -0.507 e. The summed E-state index contributed by atoms with van der Waals surface area (Å²) in [6.45, 7) is 1.93. The van der Waals surface area contributed by atoms with Gasteiger partial charge in [0.15, 0.2) is 0 Å². The first-order valence-corrected chi connectivity index (χ1v) is 10.5. The number of Topliss-reactive ketones (excluding diaryl/α,β-unsaturated/α-hetero) is 1. The molecule has 5 nitrogen and oxygen atoms in total. The summed E-state index contributed by atoms with van der Waals surface area (Å²) in [5, 5.41) is 11.7. The van der Waals surface area contributed by atoms with Crippen molar-refractivity contribution in [3.05, 3.63) is 99.0 Å². The van der Waals surface area contributed by atoms with Gasteiger partial charge < -0.3 is 9.84 Å². The van der Waals surface area contributed by atoms with Crippen molar-refractivity contribution in [2.45, 2.75) is 13.0 Å². The SMILES string of the molecule is COc1ccccc1C1/C(=C(\O)c2ccc(Cl)c(Cl)c2)C(=O)C(=O)N1c1ccc(C)cc1. The van der Waals surface area contributed by atoms with Gasteiger partial charge >= 0.3 is 0 Å². The van der Waals surface area contributed by atoms with E-state index in [0.29, 0.717) is 22.0 Å². The van der Waals surface area contributed by atoms with Gasteiger partial charge in [-0.3, -0.25) is 14.5 Å². The molecule has 3 aromatic rings. The number of aliphatic hydroxyl groups excluding tert-OH is 1. The standard InChI is InChI=1S/C25H19Cl2NO4/c1-14-7-10-16(11-8-14)28-22(17-5-3-4-6-20(17)32-2)21(24(30)25(28)31)23(29)15-9-12-18(26)19(27)13-15/h3-13,22,29H,1-2H3/b23-21+. The molecule has 0 aliphatic carbocycles. The van der Waals surface area contributed by atoms with Gasteiger partial charge in [0.25, 0.3) is 11.7 Å². The van der Waals surface area contributed by atoms with E-state index in [9.17, 15) is 14.7 Å². The number of aryl methyl sites for hydroxylation is 1. The van der Waals surface area contributed by atoms with Gasteiger partial charge in [0.2, 0.25) is 0 Å². The molecule has 1 heterocycles. The average molecular weight is 468 g/mol. The Labute approximate surface area is 195 Å². The van der Waals surface area contributed by atoms with E-state index >= 15 is 0 Å². The fourth-order valence-electron chi connectivity index (χ4n) is 3.79. The van der Waals surface area contributed by atoms with Crippen LogP contribution in [-0.2, 0) is 9.59 Å². The first kappa shape index (κ1) is 21.9. The molecule has 0 spiro atoms. The number of nitrogens with zero attached hydrogens (tertiary/aromatic N) is 1. The van der Waals surface area contributed by atoms with Gasteiger partial charge in [0.1, 0.15) is 11.5 Å². The summed E-state index contributed by atoms with van der Waals surface area (Å²) in [6.07, 6.45) is 0. The van der Waals surface area contributed by atoms with Crippen LogP contribution in [0.4, 0.5) is 5.69 Å². The molecule has 1 unspecified atom stereocenters. The third kappa shape index (κ3) is 3.74. The van der Waals surface area contributed by atoms with Crippen LogP contribution >= 0.6 is 23.2 Å². The predicted octanol–water partition coefficient (Wildman–Crippen LogP) is 5.94. The van der Waals surface area contributed by atoms with Crippen LogP contribution in [0.15, 0.2) is 72.3 Å². The topological polar surface area (TPSA) is 66.8 Å². The smallest absolute Gasteiger partial charge is 0.300 e. The minimum atomic E-state index is -0.900. The molecule has 0 saturated carbocycles. The average Bonchev–Trinajstić information content (AvgIpc) is 3.06. The van der Waals surface area contributed by atoms with Crippen LogP contribution in [0.25, 0.3) is 5.76 Å². The molecular weight excluding hydrogens is 449 g/mol. The van der Waals surface area contributed by atoms with Crippen LogP contribution in [0.5, 0.6) is 5.75 Å². The predicted molar refractivity (Wildman–Crippen MR) is 125 cm³/mol. The van der Waals surface area contributed by atoms with Crippen molar-refractivity contribution in [2.75, 3.05) is 12.0 Å². The van der Waals surface area contributed by atoms with Crippen molar-refractivity contribution in [2.24, 2.45) is 0 Å². The molecule has 4 rings (SSSR count). The quantitative estimate of drug-likeness (QED) is 0.293. The molecule has 1 aliphatic heterocycles. The van der Waals surface area contributed by atoms with Gasteiger partial charge in [-0.25, -0.2) is 0 Å². The van der Waals surface area contributed by atoms with E-state index in [-0.39, 0.29) is 21.9 Å². The number of ether oxygens (including phenoxy) is 1. The van der Waals surface area contributed by atoms with Gasteiger partial charge in [-0.15, -0.1) is 0 Å². The fraction of sp³-hybridized carbons (Fsp3) is 0.120. The Bertz CT molecular complexity index is 1250. The number of para-hydroxylation sites is 1. The maximum absolute atomic E-state index is 13.2. The number of methoxy groups -OCH3 is 1. The van der Waals surface area contributed by atoms with Crippen molar-refractivity contribution in [3.63, 3.8) is 0 Å². The van der Waals surface area contributed by atoms with Crippen molar-refractivity contribution < 1.29 is 19.4 Å². The van der Waals surface area contributed by atoms with E-state index in [1.165, 1.54) is 24.1 Å². The molecule has 1 amide bonds. The highest BCUT2D eigenvalue weighted by Gasteiger charge is 2.47. The Morgan fingerprint density at radius 3 is 2.31 bits per heavy atom. The van der Waals surface area contributed by atoms with Crippen molar-refractivity contribution in [1.29, 1.82) is 0 Å². The summed E-state index contributed by atoms with van der Waals surface area (Å²) < 4.78 is 5.51. The van der Waals surface area contributed by atoms with Crippen molar-refractivity contribution >= 4 is 46.3 Å². The summed E-state index contributed by atoms with van der Waals surface area (Å²) >= 11 is 12.1. The second-order valence-electron chi connectivity index (χ2n) is 7.38. The number of halogens is 2. The number of anilines is 1. The van der Waals surface area contributed by atoms with Crippen LogP contribution in [0.1, 0.15) is 22.7 Å². The number of hydrogen-bond acceptors (Lipinski definition) is 4. The highest BCUT2D eigenvalue weighted by molar-refractivity contribution is 6.52. The second-order valence-corrected chi connectivity index (χ2v) is 8.19. The molecule has 1 saturated heterocycles. The lowest BCUT2D eigenvalue weighted by molar-refractivity contribution is -0.132. The number of amides is 1. The molecular formula is C25H19Cl2NO4. The Morgan fingerprint density at radius 1 is 0.969 bits per heavy atom. The maximum Gasteiger partial charge on any atom is 0.300 e. The Hall–Kier alpha value is -3.28. The van der Waals surface area contributed by atoms with Crippen molar-refractivity contribution in [1.82, 2.24) is 0 Å². The lowest BCUT2D eigenvalue weighted by Crippen LogP contribution is -2.29. The summed E-state index contributed by atoms with van der Waals surface area (Å²) in [6, 6.07) is 17.9. The summed E-state index contributed by atoms with van der Waals surface area (Å²) in [5.74, 6) is -1.40. The van der Waals surface area contributed by atoms with Gasteiger partial charge in [-0.2, -0.15) is 0 Å². The molecule has 1 fully saturated rings. The zero-order chi connectivity index (χ0) is 23.0. The third-order valence-corrected chi connectivity index (χ3v) is 6.12. The number of carbonyl (C=O) groups excluding carboxylic acids is 2. The Balaban J connectivity index is 1.99. The van der Waals surface area contributed by atoms with E-state index < -0.39 is 17.7 Å². The van der Waals surface area contributed by atoms with Crippen LogP contribution in [-0.4, -0.2) is 23.9 Å². The highest BCUT2D eigenvalue weighted by Crippen LogP contribution is 2.45. The molecule has 0 radical (unpaired) electrons. The van der Waals surface area contributed by atoms with Gasteiger partial charge in [-0.05, 0) is 43.3 Å². The van der Waals surface area contributed by atoms with E-state index in [1.807, 2.05) is 19.1 Å². The molecule has 1 atom stereocenters. The molecule has 162 valence electrons. The number of benzene rings is 3. The summed E-state index contributed by atoms with van der Waals surface area (Å²) in [4.78, 5) is 27.8. The van der Waals surface area contributed by atoms with Crippen LogP contribution in [0.3, 0.4) is 0 Å². The van der Waals surface area contributed by atoms with Gasteiger partial charge in [0, 0.05) is 16.8 Å². The number of ketones is 1. The van der Waals surface area contributed by atoms with Crippen LogP contribution < -0.4 is 9.64 Å². The van der Waals surface area contributed by atoms with Crippen LogP contribution in [0.2, 0.25) is 10.0 Å². The van der Waals surface area contributed by atoms with Gasteiger partial charge in [-0.1, -0.05) is 59.1 Å². The summed E-state index contributed by atoms with van der Waals surface area (Å²) in [5.41, 5.74) is 2.33. The molecule has 0 aromatic heterocycles. The molecule has 7 heteroatoms. The second kappa shape index (κ2) is 8.69. The number of hydrogen-bond donors (Lipinski definition) is 1. The van der Waals surface area contributed by atoms with E-state index in [1.54, 1.807) is 42.5 Å². The first-order chi connectivity index (χ1) is 15.3. The lowest BCUT2D eigenvalue weighted by atomic mass is 9.94. The van der Waals surface area contributed by atoms with E-state index in [2.05, 4.69) is 0 Å². The Kier molecular flexibility index (Phi) is 5.96. The highest BCUT2D eigenvalue weighted by atomic mass is 35.5. The number of rotatable bonds is 4. The van der Waals surface area contributed by atoms with E-state index in [0.717, 1.165) is 5.56 Å². The fourth-order valence-corrected chi connectivity index (χ4v) is 4.09. The van der Waals surface area contributed by atoms with Gasteiger partial charge in [0.05, 0.1) is 28.8 Å². The summed E-state index contributed by atoms with van der Waals surface area (Å²) in [7, 11) is 1.51. The van der Waals surface area contributed by atoms with E-state index in [4.69, 9.17) is 27.9 Å². The Morgan fingerprint density at radius 2 is 1.66 bits per heavy atom. The maximum atomic E-state index is 13.2. The minimum absolute atomic E-state index is 0.0570. The first-order valence-electron chi connectivity index (χ1n) is 9.79. The molecule has 3 aromatic carbocycles. The molecule has 0 bridgehead atoms.